The first-order valence-electron chi connectivity index (χ1n) is 14.0. The van der Waals surface area contributed by atoms with Crippen molar-refractivity contribution in [3.05, 3.63) is 61.2 Å². The number of amides is 2. The van der Waals surface area contributed by atoms with Gasteiger partial charge in [0.1, 0.15) is 24.2 Å². The molecule has 212 valence electrons. The van der Waals surface area contributed by atoms with Crippen molar-refractivity contribution < 1.29 is 29.0 Å². The Bertz CT molecular complexity index is 1110. The number of fused-ring (bicyclic) bond motifs is 1. The van der Waals surface area contributed by atoms with Crippen LogP contribution in [-0.2, 0) is 30.4 Å². The van der Waals surface area contributed by atoms with Crippen LogP contribution in [0, 0.1) is 23.7 Å². The van der Waals surface area contributed by atoms with Crippen LogP contribution < -0.4 is 0 Å². The van der Waals surface area contributed by atoms with E-state index in [1.54, 1.807) is 15.9 Å². The zero-order chi connectivity index (χ0) is 28.5. The van der Waals surface area contributed by atoms with Gasteiger partial charge >= 0.3 is 5.97 Å². The first kappa shape index (κ1) is 29.0. The van der Waals surface area contributed by atoms with Crippen LogP contribution in [0.25, 0.3) is 0 Å². The highest BCUT2D eigenvalue weighted by atomic mass is 16.6. The maximum absolute atomic E-state index is 14.6. The van der Waals surface area contributed by atoms with Gasteiger partial charge in [-0.3, -0.25) is 14.4 Å². The number of esters is 1. The maximum Gasteiger partial charge on any atom is 0.313 e. The molecule has 1 spiro atoms. The van der Waals surface area contributed by atoms with E-state index in [-0.39, 0.29) is 43.4 Å². The first-order valence-corrected chi connectivity index (χ1v) is 14.0. The molecule has 3 fully saturated rings. The van der Waals surface area contributed by atoms with Crippen molar-refractivity contribution in [1.29, 1.82) is 0 Å². The molecule has 8 nitrogen and oxygen atoms in total. The van der Waals surface area contributed by atoms with E-state index in [9.17, 15) is 19.5 Å². The van der Waals surface area contributed by atoms with Crippen LogP contribution in [0.5, 0.6) is 0 Å². The van der Waals surface area contributed by atoms with E-state index in [4.69, 9.17) is 9.47 Å². The average molecular weight is 539 g/mol. The fraction of sp³-hybridized carbons (Fsp3) is 0.581. The molecule has 0 aliphatic carbocycles. The lowest BCUT2D eigenvalue weighted by Gasteiger charge is -2.41. The van der Waals surface area contributed by atoms with E-state index >= 15 is 0 Å². The molecule has 1 aromatic rings. The molecule has 39 heavy (non-hydrogen) atoms. The Morgan fingerprint density at radius 1 is 1.28 bits per heavy atom. The highest BCUT2D eigenvalue weighted by molar-refractivity contribution is 5.99. The molecule has 4 rings (SSSR count). The molecule has 0 radical (unpaired) electrons. The SMILES string of the molecule is C=CCOC(=O)[C@H]1[C@H]2C(=O)N([C@@H](CO)[C@@H](C)CC)C(C(=O)N(CC=C)Cc3ccccc3)C23CC(C)[C@]1(C)O3. The highest BCUT2D eigenvalue weighted by Gasteiger charge is 2.80. The Morgan fingerprint density at radius 2 is 1.97 bits per heavy atom. The Morgan fingerprint density at radius 3 is 2.56 bits per heavy atom. The number of hydrogen-bond donors (Lipinski definition) is 1. The van der Waals surface area contributed by atoms with Crippen LogP contribution in [-0.4, -0.2) is 75.7 Å². The van der Waals surface area contributed by atoms with E-state index < -0.39 is 41.1 Å². The van der Waals surface area contributed by atoms with Gasteiger partial charge in [0.2, 0.25) is 11.8 Å². The number of carbonyl (C=O) groups excluding carboxylic acids is 3. The average Bonchev–Trinajstić information content (AvgIpc) is 3.44. The van der Waals surface area contributed by atoms with Gasteiger partial charge in [-0.1, -0.05) is 76.3 Å². The number of aliphatic hydroxyl groups is 1. The fourth-order valence-electron chi connectivity index (χ4n) is 7.08. The topological polar surface area (TPSA) is 96.4 Å². The molecular weight excluding hydrogens is 496 g/mol. The van der Waals surface area contributed by atoms with E-state index in [0.717, 1.165) is 5.56 Å². The van der Waals surface area contributed by atoms with Crippen molar-refractivity contribution in [2.75, 3.05) is 19.8 Å². The van der Waals surface area contributed by atoms with E-state index in [0.29, 0.717) is 19.4 Å². The number of carbonyl (C=O) groups is 3. The maximum atomic E-state index is 14.6. The molecule has 8 atom stereocenters. The number of hydrogen-bond acceptors (Lipinski definition) is 6. The van der Waals surface area contributed by atoms with Crippen molar-refractivity contribution >= 4 is 17.8 Å². The number of likely N-dealkylation sites (tertiary alicyclic amines) is 1. The quantitative estimate of drug-likeness (QED) is 0.324. The summed E-state index contributed by atoms with van der Waals surface area (Å²) in [4.78, 5) is 45.7. The third kappa shape index (κ3) is 4.61. The Balaban J connectivity index is 1.84. The molecule has 0 aromatic heterocycles. The molecule has 3 saturated heterocycles. The molecule has 3 aliphatic rings. The molecule has 0 saturated carbocycles. The van der Waals surface area contributed by atoms with E-state index in [1.165, 1.54) is 6.08 Å². The molecule has 2 bridgehead atoms. The monoisotopic (exact) mass is 538 g/mol. The minimum Gasteiger partial charge on any atom is -0.461 e. The van der Waals surface area contributed by atoms with Crippen molar-refractivity contribution in [3.8, 4) is 0 Å². The summed E-state index contributed by atoms with van der Waals surface area (Å²) in [6, 6.07) is 8.05. The van der Waals surface area contributed by atoms with Crippen LogP contribution in [0.1, 0.15) is 46.1 Å². The van der Waals surface area contributed by atoms with Crippen LogP contribution in [0.3, 0.4) is 0 Å². The molecular formula is C31H42N2O6. The van der Waals surface area contributed by atoms with Crippen LogP contribution >= 0.6 is 0 Å². The smallest absolute Gasteiger partial charge is 0.313 e. The van der Waals surface area contributed by atoms with Gasteiger partial charge < -0.3 is 24.4 Å². The van der Waals surface area contributed by atoms with Crippen LogP contribution in [0.4, 0.5) is 0 Å². The zero-order valence-electron chi connectivity index (χ0n) is 23.5. The molecule has 3 heterocycles. The van der Waals surface area contributed by atoms with Gasteiger partial charge in [0.25, 0.3) is 0 Å². The minimum absolute atomic E-state index is 0.0239. The summed E-state index contributed by atoms with van der Waals surface area (Å²) < 4.78 is 12.3. The number of nitrogens with zero attached hydrogens (tertiary/aromatic N) is 2. The molecule has 8 heteroatoms. The normalized spacial score (nSPS) is 32.4. The lowest BCUT2D eigenvalue weighted by molar-refractivity contribution is -0.163. The number of benzene rings is 1. The van der Waals surface area contributed by atoms with E-state index in [2.05, 4.69) is 13.2 Å². The van der Waals surface area contributed by atoms with Crippen molar-refractivity contribution in [2.45, 2.75) is 70.4 Å². The highest BCUT2D eigenvalue weighted by Crippen LogP contribution is 2.65. The number of ether oxygens (including phenoxy) is 2. The lowest BCUT2D eigenvalue weighted by atomic mass is 9.62. The van der Waals surface area contributed by atoms with Crippen molar-refractivity contribution in [2.24, 2.45) is 23.7 Å². The predicted octanol–water partition coefficient (Wildman–Crippen LogP) is 3.35. The summed E-state index contributed by atoms with van der Waals surface area (Å²) in [5.74, 6) is -3.06. The second kappa shape index (κ2) is 11.3. The summed E-state index contributed by atoms with van der Waals surface area (Å²) in [6.07, 6.45) is 4.31. The Labute approximate surface area is 231 Å². The molecule has 1 N–H and O–H groups in total. The second-order valence-electron chi connectivity index (χ2n) is 11.5. The zero-order valence-corrected chi connectivity index (χ0v) is 23.5. The minimum atomic E-state index is -1.21. The molecule has 1 aromatic carbocycles. The Hall–Kier alpha value is -2.97. The fourth-order valence-corrected chi connectivity index (χ4v) is 7.08. The van der Waals surface area contributed by atoms with Gasteiger partial charge in [0.05, 0.1) is 24.2 Å². The summed E-state index contributed by atoms with van der Waals surface area (Å²) >= 11 is 0. The lowest BCUT2D eigenvalue weighted by Crippen LogP contribution is -2.59. The van der Waals surface area contributed by atoms with Gasteiger partial charge in [-0.05, 0) is 30.7 Å². The van der Waals surface area contributed by atoms with Crippen LogP contribution in [0.2, 0.25) is 0 Å². The standard InChI is InChI=1S/C31H42N2O6/c1-7-15-32(18-22-13-11-10-12-14-22)28(36)26-31-17-21(5)30(6,39-31)25(29(37)38-16-8-2)24(31)27(35)33(26)23(19-34)20(4)9-3/h7-8,10-14,20-21,23-26,34H,1-2,9,15-19H2,3-6H3/t20-,21?,23-,24-,25+,26?,30-,31?/m0/s1. The summed E-state index contributed by atoms with van der Waals surface area (Å²) in [5.41, 5.74) is -1.23. The third-order valence-electron chi connectivity index (χ3n) is 9.31. The predicted molar refractivity (Wildman–Crippen MR) is 147 cm³/mol. The number of aliphatic hydroxyl groups excluding tert-OH is 1. The van der Waals surface area contributed by atoms with Gasteiger partial charge in [0, 0.05) is 13.1 Å². The van der Waals surface area contributed by atoms with Crippen molar-refractivity contribution in [3.63, 3.8) is 0 Å². The van der Waals surface area contributed by atoms with Gasteiger partial charge in [-0.15, -0.1) is 6.58 Å². The molecule has 2 amide bonds. The van der Waals surface area contributed by atoms with E-state index in [1.807, 2.05) is 58.0 Å². The van der Waals surface area contributed by atoms with Gasteiger partial charge in [-0.2, -0.15) is 0 Å². The molecule has 3 aliphatic heterocycles. The van der Waals surface area contributed by atoms with Crippen molar-refractivity contribution in [1.82, 2.24) is 9.80 Å². The van der Waals surface area contributed by atoms with Gasteiger partial charge in [-0.25, -0.2) is 0 Å². The third-order valence-corrected chi connectivity index (χ3v) is 9.31. The first-order chi connectivity index (χ1) is 18.6. The van der Waals surface area contributed by atoms with Gasteiger partial charge in [0.15, 0.2) is 0 Å². The van der Waals surface area contributed by atoms with Crippen LogP contribution in [0.15, 0.2) is 55.6 Å². The summed E-state index contributed by atoms with van der Waals surface area (Å²) in [7, 11) is 0. The Kier molecular flexibility index (Phi) is 8.38. The summed E-state index contributed by atoms with van der Waals surface area (Å²) in [6.45, 7) is 15.6. The largest absolute Gasteiger partial charge is 0.461 e. The second-order valence-corrected chi connectivity index (χ2v) is 11.5. The number of rotatable bonds is 12. The summed E-state index contributed by atoms with van der Waals surface area (Å²) in [5, 5.41) is 10.5. The molecule has 3 unspecified atom stereocenters.